The van der Waals surface area contributed by atoms with E-state index in [-0.39, 0.29) is 24.0 Å². The first kappa shape index (κ1) is 23.0. The molecule has 0 amide bonds. The third-order valence-electron chi connectivity index (χ3n) is 4.68. The van der Waals surface area contributed by atoms with Crippen molar-refractivity contribution in [2.75, 3.05) is 58.4 Å². The Morgan fingerprint density at radius 1 is 1.31 bits per heavy atom. The average molecular weight is 474 g/mol. The lowest BCUT2D eigenvalue weighted by Crippen LogP contribution is -2.40. The fourth-order valence-electron chi connectivity index (χ4n) is 3.28. The van der Waals surface area contributed by atoms with E-state index in [1.165, 1.54) is 12.1 Å². The van der Waals surface area contributed by atoms with E-state index >= 15 is 0 Å². The zero-order valence-corrected chi connectivity index (χ0v) is 18.8. The van der Waals surface area contributed by atoms with Crippen LogP contribution >= 0.6 is 24.0 Å². The standard InChI is InChI=1S/C20H34N4O.HI/c1-4-21-20(24-15-12-18(16-24)17-25-3)22-13-8-9-14-23(2)19-10-6-5-7-11-19;/h5-7,10-11,18H,4,8-9,12-17H2,1-3H3,(H,21,22);1H. The summed E-state index contributed by atoms with van der Waals surface area (Å²) < 4.78 is 5.29. The van der Waals surface area contributed by atoms with Crippen molar-refractivity contribution < 1.29 is 4.74 Å². The molecule has 1 fully saturated rings. The second kappa shape index (κ2) is 13.2. The van der Waals surface area contributed by atoms with Crippen molar-refractivity contribution in [2.24, 2.45) is 10.9 Å². The van der Waals surface area contributed by atoms with Gasteiger partial charge in [0.1, 0.15) is 0 Å². The Hall–Kier alpha value is -1.02. The Kier molecular flexibility index (Phi) is 11.7. The molecule has 1 saturated heterocycles. The molecule has 0 aromatic heterocycles. The molecule has 1 heterocycles. The summed E-state index contributed by atoms with van der Waals surface area (Å²) in [6, 6.07) is 10.6. The van der Waals surface area contributed by atoms with Crippen LogP contribution in [0.3, 0.4) is 0 Å². The van der Waals surface area contributed by atoms with Crippen molar-refractivity contribution in [1.29, 1.82) is 0 Å². The van der Waals surface area contributed by atoms with E-state index in [0.717, 1.165) is 58.1 Å². The molecule has 26 heavy (non-hydrogen) atoms. The van der Waals surface area contributed by atoms with Gasteiger partial charge in [-0.2, -0.15) is 0 Å². The second-order valence-corrected chi connectivity index (χ2v) is 6.76. The summed E-state index contributed by atoms with van der Waals surface area (Å²) in [5.74, 6) is 1.70. The van der Waals surface area contributed by atoms with Crippen LogP contribution in [0.1, 0.15) is 26.2 Å². The molecule has 0 aliphatic carbocycles. The van der Waals surface area contributed by atoms with Crippen molar-refractivity contribution in [3.63, 3.8) is 0 Å². The monoisotopic (exact) mass is 474 g/mol. The summed E-state index contributed by atoms with van der Waals surface area (Å²) in [7, 11) is 3.94. The number of hydrogen-bond acceptors (Lipinski definition) is 3. The molecule has 0 spiro atoms. The molecule has 5 nitrogen and oxygen atoms in total. The number of anilines is 1. The number of methoxy groups -OCH3 is 1. The SMILES string of the molecule is CCNC(=NCCCCN(C)c1ccccc1)N1CCC(COC)C1.I. The highest BCUT2D eigenvalue weighted by Gasteiger charge is 2.24. The first-order chi connectivity index (χ1) is 12.2. The van der Waals surface area contributed by atoms with Gasteiger partial charge < -0.3 is 19.9 Å². The van der Waals surface area contributed by atoms with Crippen LogP contribution in [-0.2, 0) is 4.74 Å². The van der Waals surface area contributed by atoms with Crippen LogP contribution in [0.5, 0.6) is 0 Å². The zero-order valence-electron chi connectivity index (χ0n) is 16.5. The molecule has 1 aliphatic rings. The molecule has 148 valence electrons. The molecular weight excluding hydrogens is 439 g/mol. The van der Waals surface area contributed by atoms with Gasteiger partial charge in [-0.15, -0.1) is 24.0 Å². The van der Waals surface area contributed by atoms with Crippen LogP contribution in [0, 0.1) is 5.92 Å². The number of guanidine groups is 1. The molecule has 1 aromatic carbocycles. The predicted octanol–water partition coefficient (Wildman–Crippen LogP) is 3.45. The Morgan fingerprint density at radius 2 is 2.08 bits per heavy atom. The van der Waals surface area contributed by atoms with E-state index in [2.05, 4.69) is 59.4 Å². The normalized spacial score (nSPS) is 17.1. The fourth-order valence-corrected chi connectivity index (χ4v) is 3.28. The molecule has 0 radical (unpaired) electrons. The number of rotatable bonds is 9. The number of nitrogens with one attached hydrogen (secondary N) is 1. The van der Waals surface area contributed by atoms with Crippen LogP contribution < -0.4 is 10.2 Å². The van der Waals surface area contributed by atoms with E-state index in [1.54, 1.807) is 7.11 Å². The number of unbranched alkanes of at least 4 members (excludes halogenated alkanes) is 1. The fraction of sp³-hybridized carbons (Fsp3) is 0.650. The zero-order chi connectivity index (χ0) is 17.9. The molecule has 0 saturated carbocycles. The summed E-state index contributed by atoms with van der Waals surface area (Å²) >= 11 is 0. The van der Waals surface area contributed by atoms with Crippen LogP contribution in [0.4, 0.5) is 5.69 Å². The highest BCUT2D eigenvalue weighted by molar-refractivity contribution is 14.0. The van der Waals surface area contributed by atoms with Crippen LogP contribution in [-0.4, -0.2) is 64.3 Å². The molecule has 0 bridgehead atoms. The summed E-state index contributed by atoms with van der Waals surface area (Å²) in [5.41, 5.74) is 1.28. The van der Waals surface area contributed by atoms with E-state index < -0.39 is 0 Å². The number of nitrogens with zero attached hydrogens (tertiary/aromatic N) is 3. The maximum atomic E-state index is 5.29. The van der Waals surface area contributed by atoms with Gasteiger partial charge in [-0.05, 0) is 38.3 Å². The number of aliphatic imine (C=N–C) groups is 1. The number of para-hydroxylation sites is 1. The summed E-state index contributed by atoms with van der Waals surface area (Å²) in [6.45, 7) is 7.98. The van der Waals surface area contributed by atoms with Crippen molar-refractivity contribution in [3.8, 4) is 0 Å². The number of benzene rings is 1. The van der Waals surface area contributed by atoms with Crippen molar-refractivity contribution in [3.05, 3.63) is 30.3 Å². The third kappa shape index (κ3) is 7.70. The van der Waals surface area contributed by atoms with Crippen LogP contribution in [0.15, 0.2) is 35.3 Å². The minimum absolute atomic E-state index is 0. The van der Waals surface area contributed by atoms with E-state index in [4.69, 9.17) is 9.73 Å². The maximum Gasteiger partial charge on any atom is 0.193 e. The molecule has 1 N–H and O–H groups in total. The second-order valence-electron chi connectivity index (χ2n) is 6.76. The van der Waals surface area contributed by atoms with E-state index in [1.807, 2.05) is 0 Å². The maximum absolute atomic E-state index is 5.29. The highest BCUT2D eigenvalue weighted by atomic mass is 127. The Morgan fingerprint density at radius 3 is 2.77 bits per heavy atom. The summed E-state index contributed by atoms with van der Waals surface area (Å²) in [6.07, 6.45) is 3.46. The molecule has 1 unspecified atom stereocenters. The molecule has 1 atom stereocenters. The Balaban J connectivity index is 0.00000338. The number of halogens is 1. The third-order valence-corrected chi connectivity index (χ3v) is 4.68. The first-order valence-electron chi connectivity index (χ1n) is 9.53. The van der Waals surface area contributed by atoms with Gasteiger partial charge in [0.25, 0.3) is 0 Å². The van der Waals surface area contributed by atoms with Gasteiger partial charge in [0, 0.05) is 58.5 Å². The van der Waals surface area contributed by atoms with Gasteiger partial charge in [0.05, 0.1) is 6.61 Å². The van der Waals surface area contributed by atoms with Gasteiger partial charge in [0.15, 0.2) is 5.96 Å². The molecule has 1 aliphatic heterocycles. The lowest BCUT2D eigenvalue weighted by Gasteiger charge is -2.22. The quantitative estimate of drug-likeness (QED) is 0.258. The van der Waals surface area contributed by atoms with Gasteiger partial charge in [-0.3, -0.25) is 4.99 Å². The van der Waals surface area contributed by atoms with Gasteiger partial charge >= 0.3 is 0 Å². The molecule has 6 heteroatoms. The van der Waals surface area contributed by atoms with Crippen LogP contribution in [0.25, 0.3) is 0 Å². The summed E-state index contributed by atoms with van der Waals surface area (Å²) in [4.78, 5) is 9.52. The first-order valence-corrected chi connectivity index (χ1v) is 9.53. The summed E-state index contributed by atoms with van der Waals surface area (Å²) in [5, 5.41) is 3.44. The van der Waals surface area contributed by atoms with Gasteiger partial charge in [0.2, 0.25) is 0 Å². The van der Waals surface area contributed by atoms with Crippen molar-refractivity contribution in [2.45, 2.75) is 26.2 Å². The largest absolute Gasteiger partial charge is 0.384 e. The molecule has 2 rings (SSSR count). The van der Waals surface area contributed by atoms with Crippen molar-refractivity contribution >= 4 is 35.6 Å². The molecular formula is C20H35IN4O. The number of ether oxygens (including phenoxy) is 1. The number of likely N-dealkylation sites (tertiary alicyclic amines) is 1. The molecule has 1 aromatic rings. The number of hydrogen-bond donors (Lipinski definition) is 1. The highest BCUT2D eigenvalue weighted by Crippen LogP contribution is 2.16. The lowest BCUT2D eigenvalue weighted by molar-refractivity contribution is 0.157. The smallest absolute Gasteiger partial charge is 0.193 e. The van der Waals surface area contributed by atoms with E-state index in [0.29, 0.717) is 5.92 Å². The predicted molar refractivity (Wildman–Crippen MR) is 122 cm³/mol. The Labute approximate surface area is 176 Å². The topological polar surface area (TPSA) is 40.1 Å². The van der Waals surface area contributed by atoms with Gasteiger partial charge in [-0.25, -0.2) is 0 Å². The minimum Gasteiger partial charge on any atom is -0.384 e. The Bertz CT molecular complexity index is 512. The average Bonchev–Trinajstić information content (AvgIpc) is 3.10. The van der Waals surface area contributed by atoms with E-state index in [9.17, 15) is 0 Å². The van der Waals surface area contributed by atoms with Gasteiger partial charge in [-0.1, -0.05) is 18.2 Å². The lowest BCUT2D eigenvalue weighted by atomic mass is 10.1. The minimum atomic E-state index is 0. The van der Waals surface area contributed by atoms with Crippen molar-refractivity contribution in [1.82, 2.24) is 10.2 Å². The van der Waals surface area contributed by atoms with Crippen LogP contribution in [0.2, 0.25) is 0 Å².